The Labute approximate surface area is 104 Å². The lowest BCUT2D eigenvalue weighted by atomic mass is 10.1. The highest BCUT2D eigenvalue weighted by Crippen LogP contribution is 2.25. The largest absolute Gasteiger partial charge is 0.468 e. The minimum absolute atomic E-state index is 0.272. The number of carbonyl (C=O) groups is 1. The van der Waals surface area contributed by atoms with Crippen molar-refractivity contribution in [2.24, 2.45) is 0 Å². The molecular weight excluding hydrogens is 270 g/mol. The van der Waals surface area contributed by atoms with Gasteiger partial charge >= 0.3 is 5.97 Å². The third kappa shape index (κ3) is 3.06. The van der Waals surface area contributed by atoms with E-state index < -0.39 is 6.04 Å². The molecule has 1 aromatic rings. The van der Waals surface area contributed by atoms with E-state index in [1.807, 2.05) is 32.0 Å². The molecule has 88 valence electrons. The normalized spacial score (nSPS) is 12.2. The van der Waals surface area contributed by atoms with E-state index in [1.54, 1.807) is 0 Å². The van der Waals surface area contributed by atoms with Gasteiger partial charge in [-0.05, 0) is 30.7 Å². The van der Waals surface area contributed by atoms with Crippen molar-refractivity contribution in [3.8, 4) is 0 Å². The van der Waals surface area contributed by atoms with E-state index in [9.17, 15) is 4.79 Å². The average Bonchev–Trinajstić information content (AvgIpc) is 2.26. The summed E-state index contributed by atoms with van der Waals surface area (Å²) in [4.78, 5) is 11.6. The lowest BCUT2D eigenvalue weighted by molar-refractivity contribution is -0.143. The molecule has 0 aliphatic heterocycles. The Bertz CT molecular complexity index is 379. The first-order chi connectivity index (χ1) is 7.60. The SMILES string of the molecule is CCNC(C(=O)OC)c1ccc(C)cc1Br. The van der Waals surface area contributed by atoms with Crippen molar-refractivity contribution in [2.45, 2.75) is 19.9 Å². The maximum atomic E-state index is 11.6. The van der Waals surface area contributed by atoms with E-state index >= 15 is 0 Å². The monoisotopic (exact) mass is 285 g/mol. The predicted molar refractivity (Wildman–Crippen MR) is 67.3 cm³/mol. The van der Waals surface area contributed by atoms with E-state index in [0.717, 1.165) is 15.6 Å². The molecule has 1 aromatic carbocycles. The smallest absolute Gasteiger partial charge is 0.327 e. The number of hydrogen-bond donors (Lipinski definition) is 1. The summed E-state index contributed by atoms with van der Waals surface area (Å²) >= 11 is 3.47. The van der Waals surface area contributed by atoms with Crippen LogP contribution in [0.2, 0.25) is 0 Å². The fourth-order valence-corrected chi connectivity index (χ4v) is 2.23. The molecule has 0 amide bonds. The van der Waals surface area contributed by atoms with Crippen LogP contribution in [0.3, 0.4) is 0 Å². The first-order valence-electron chi connectivity index (χ1n) is 5.17. The molecule has 16 heavy (non-hydrogen) atoms. The zero-order valence-corrected chi connectivity index (χ0v) is 11.3. The van der Waals surface area contributed by atoms with Crippen LogP contribution >= 0.6 is 15.9 Å². The number of halogens is 1. The van der Waals surface area contributed by atoms with Crippen molar-refractivity contribution in [3.63, 3.8) is 0 Å². The summed E-state index contributed by atoms with van der Waals surface area (Å²) in [6.45, 7) is 4.67. The molecule has 1 unspecified atom stereocenters. The van der Waals surface area contributed by atoms with Crippen molar-refractivity contribution in [1.29, 1.82) is 0 Å². The van der Waals surface area contributed by atoms with Crippen LogP contribution in [0.1, 0.15) is 24.1 Å². The number of benzene rings is 1. The Hall–Kier alpha value is -0.870. The number of carbonyl (C=O) groups excluding carboxylic acids is 1. The maximum Gasteiger partial charge on any atom is 0.327 e. The van der Waals surface area contributed by atoms with Gasteiger partial charge in [0.2, 0.25) is 0 Å². The van der Waals surface area contributed by atoms with Gasteiger partial charge in [0.15, 0.2) is 0 Å². The number of rotatable bonds is 4. The zero-order chi connectivity index (χ0) is 12.1. The Morgan fingerprint density at radius 1 is 1.56 bits per heavy atom. The molecular formula is C12H16BrNO2. The molecule has 3 nitrogen and oxygen atoms in total. The van der Waals surface area contributed by atoms with Crippen molar-refractivity contribution >= 4 is 21.9 Å². The van der Waals surface area contributed by atoms with E-state index in [-0.39, 0.29) is 5.97 Å². The number of esters is 1. The number of likely N-dealkylation sites (N-methyl/N-ethyl adjacent to an activating group) is 1. The van der Waals surface area contributed by atoms with Crippen LogP contribution in [0, 0.1) is 6.92 Å². The Balaban J connectivity index is 3.05. The average molecular weight is 286 g/mol. The number of nitrogens with one attached hydrogen (secondary N) is 1. The lowest BCUT2D eigenvalue weighted by Gasteiger charge is -2.17. The van der Waals surface area contributed by atoms with Gasteiger partial charge in [-0.2, -0.15) is 0 Å². The highest BCUT2D eigenvalue weighted by molar-refractivity contribution is 9.10. The highest BCUT2D eigenvalue weighted by Gasteiger charge is 2.22. The number of hydrogen-bond acceptors (Lipinski definition) is 3. The van der Waals surface area contributed by atoms with E-state index in [4.69, 9.17) is 4.74 Å². The minimum Gasteiger partial charge on any atom is -0.468 e. The predicted octanol–water partition coefficient (Wildman–Crippen LogP) is 2.58. The molecule has 0 saturated heterocycles. The molecule has 0 aromatic heterocycles. The first kappa shape index (κ1) is 13.2. The van der Waals surface area contributed by atoms with E-state index in [2.05, 4.69) is 21.2 Å². The summed E-state index contributed by atoms with van der Waals surface area (Å²) in [6, 6.07) is 5.49. The van der Waals surface area contributed by atoms with Crippen molar-refractivity contribution in [2.75, 3.05) is 13.7 Å². The molecule has 1 N–H and O–H groups in total. The maximum absolute atomic E-state index is 11.6. The standard InChI is InChI=1S/C12H16BrNO2/c1-4-14-11(12(15)16-3)9-6-5-8(2)7-10(9)13/h5-7,11,14H,4H2,1-3H3. The number of ether oxygens (including phenoxy) is 1. The van der Waals surface area contributed by atoms with Gasteiger partial charge in [-0.3, -0.25) is 0 Å². The van der Waals surface area contributed by atoms with Gasteiger partial charge in [-0.15, -0.1) is 0 Å². The Morgan fingerprint density at radius 2 is 2.25 bits per heavy atom. The quantitative estimate of drug-likeness (QED) is 0.865. The van der Waals surface area contributed by atoms with Crippen LogP contribution in [0.25, 0.3) is 0 Å². The second kappa shape index (κ2) is 6.01. The molecule has 0 spiro atoms. The van der Waals surface area contributed by atoms with E-state index in [1.165, 1.54) is 7.11 Å². The Morgan fingerprint density at radius 3 is 2.75 bits per heavy atom. The van der Waals surface area contributed by atoms with Gasteiger partial charge in [0.05, 0.1) is 7.11 Å². The second-order valence-electron chi connectivity index (χ2n) is 3.54. The van der Waals surface area contributed by atoms with Gasteiger partial charge in [-0.25, -0.2) is 4.79 Å². The van der Waals surface area contributed by atoms with Crippen LogP contribution in [0.5, 0.6) is 0 Å². The van der Waals surface area contributed by atoms with Crippen LogP contribution < -0.4 is 5.32 Å². The summed E-state index contributed by atoms with van der Waals surface area (Å²) in [7, 11) is 1.40. The van der Waals surface area contributed by atoms with E-state index in [0.29, 0.717) is 6.54 Å². The molecule has 0 aliphatic rings. The van der Waals surface area contributed by atoms with Gasteiger partial charge in [0.1, 0.15) is 6.04 Å². The molecule has 4 heteroatoms. The summed E-state index contributed by atoms with van der Waals surface area (Å²) < 4.78 is 5.70. The molecule has 0 bridgehead atoms. The molecule has 0 radical (unpaired) electrons. The van der Waals surface area contributed by atoms with Gasteiger partial charge in [0.25, 0.3) is 0 Å². The van der Waals surface area contributed by atoms with Crippen molar-refractivity contribution in [3.05, 3.63) is 33.8 Å². The van der Waals surface area contributed by atoms with Gasteiger partial charge in [-0.1, -0.05) is 35.0 Å². The summed E-state index contributed by atoms with van der Waals surface area (Å²) in [6.07, 6.45) is 0. The van der Waals surface area contributed by atoms with Gasteiger partial charge < -0.3 is 10.1 Å². The zero-order valence-electron chi connectivity index (χ0n) is 9.71. The Kier molecular flexibility index (Phi) is 4.96. The fourth-order valence-electron chi connectivity index (χ4n) is 1.51. The third-order valence-corrected chi connectivity index (χ3v) is 3.00. The number of aryl methyl sites for hydroxylation is 1. The summed E-state index contributed by atoms with van der Waals surface area (Å²) in [5.74, 6) is -0.272. The molecule has 0 aliphatic carbocycles. The topological polar surface area (TPSA) is 38.3 Å². The summed E-state index contributed by atoms with van der Waals surface area (Å²) in [5, 5.41) is 3.11. The fraction of sp³-hybridized carbons (Fsp3) is 0.417. The minimum atomic E-state index is -0.412. The first-order valence-corrected chi connectivity index (χ1v) is 5.96. The third-order valence-electron chi connectivity index (χ3n) is 2.31. The van der Waals surface area contributed by atoms with Crippen LogP contribution in [-0.4, -0.2) is 19.6 Å². The van der Waals surface area contributed by atoms with Gasteiger partial charge in [0, 0.05) is 4.47 Å². The van der Waals surface area contributed by atoms with Crippen molar-refractivity contribution in [1.82, 2.24) is 5.32 Å². The molecule has 0 saturated carbocycles. The second-order valence-corrected chi connectivity index (χ2v) is 4.39. The molecule has 0 fully saturated rings. The van der Waals surface area contributed by atoms with Crippen molar-refractivity contribution < 1.29 is 9.53 Å². The van der Waals surface area contributed by atoms with Crippen LogP contribution in [-0.2, 0) is 9.53 Å². The molecule has 1 rings (SSSR count). The molecule has 1 atom stereocenters. The molecule has 0 heterocycles. The van der Waals surface area contributed by atoms with Crippen LogP contribution in [0.15, 0.2) is 22.7 Å². The lowest BCUT2D eigenvalue weighted by Crippen LogP contribution is -2.29. The highest BCUT2D eigenvalue weighted by atomic mass is 79.9. The number of methoxy groups -OCH3 is 1. The van der Waals surface area contributed by atoms with Crippen LogP contribution in [0.4, 0.5) is 0 Å². The summed E-state index contributed by atoms with van der Waals surface area (Å²) in [5.41, 5.74) is 2.05.